The van der Waals surface area contributed by atoms with Crippen LogP contribution in [-0.2, 0) is 14.8 Å². The third-order valence-corrected chi connectivity index (χ3v) is 5.24. The first-order valence-electron chi connectivity index (χ1n) is 8.06. The number of anilines is 1. The third-order valence-electron chi connectivity index (χ3n) is 3.55. The number of carbonyl (C=O) groups is 2. The monoisotopic (exact) mass is 409 g/mol. The second-order valence-corrected chi connectivity index (χ2v) is 8.14. The zero-order valence-electron chi connectivity index (χ0n) is 14.9. The molecule has 0 aliphatic heterocycles. The predicted octanol–water partition coefficient (Wildman–Crippen LogP) is 2.35. The van der Waals surface area contributed by atoms with Crippen LogP contribution in [0, 0.1) is 0 Å². The van der Waals surface area contributed by atoms with Crippen molar-refractivity contribution in [2.45, 2.75) is 11.3 Å². The van der Waals surface area contributed by atoms with E-state index in [1.165, 1.54) is 23.1 Å². The van der Waals surface area contributed by atoms with Crippen LogP contribution in [0.15, 0.2) is 53.4 Å². The highest BCUT2D eigenvalue weighted by molar-refractivity contribution is 7.89. The van der Waals surface area contributed by atoms with Crippen molar-refractivity contribution in [2.75, 3.05) is 26.0 Å². The molecule has 2 rings (SSSR count). The largest absolute Gasteiger partial charge is 0.345 e. The molecule has 0 saturated carbocycles. The van der Waals surface area contributed by atoms with Gasteiger partial charge in [-0.3, -0.25) is 9.59 Å². The molecule has 2 aromatic rings. The summed E-state index contributed by atoms with van der Waals surface area (Å²) in [4.78, 5) is 25.5. The van der Waals surface area contributed by atoms with Crippen molar-refractivity contribution in [1.29, 1.82) is 0 Å². The Kier molecular flexibility index (Phi) is 6.95. The average Bonchev–Trinajstić information content (AvgIpc) is 2.61. The van der Waals surface area contributed by atoms with Gasteiger partial charge in [-0.25, -0.2) is 13.1 Å². The number of nitrogens with one attached hydrogen (secondary N) is 2. The van der Waals surface area contributed by atoms with Crippen LogP contribution in [0.4, 0.5) is 5.69 Å². The highest BCUT2D eigenvalue weighted by Gasteiger charge is 2.15. The second kappa shape index (κ2) is 8.98. The van der Waals surface area contributed by atoms with Crippen LogP contribution >= 0.6 is 11.6 Å². The first-order chi connectivity index (χ1) is 12.7. The van der Waals surface area contributed by atoms with Gasteiger partial charge in [-0.2, -0.15) is 0 Å². The van der Waals surface area contributed by atoms with Gasteiger partial charge in [0.2, 0.25) is 15.9 Å². The molecule has 0 aromatic heterocycles. The van der Waals surface area contributed by atoms with E-state index in [2.05, 4.69) is 10.0 Å². The van der Waals surface area contributed by atoms with Gasteiger partial charge in [0, 0.05) is 43.3 Å². The lowest BCUT2D eigenvalue weighted by Gasteiger charge is -2.12. The van der Waals surface area contributed by atoms with Gasteiger partial charge in [-0.15, -0.1) is 0 Å². The molecule has 7 nitrogen and oxygen atoms in total. The zero-order valence-corrected chi connectivity index (χ0v) is 16.5. The van der Waals surface area contributed by atoms with Gasteiger partial charge in [0.25, 0.3) is 5.91 Å². The van der Waals surface area contributed by atoms with E-state index < -0.39 is 10.0 Å². The average molecular weight is 410 g/mol. The SMILES string of the molecule is CN(C)C(=O)c1cccc(NC(=O)CCNS(=O)(=O)c2cccc(Cl)c2)c1. The zero-order chi connectivity index (χ0) is 20.0. The first-order valence-corrected chi connectivity index (χ1v) is 9.92. The predicted molar refractivity (Wildman–Crippen MR) is 104 cm³/mol. The Balaban J connectivity index is 1.91. The summed E-state index contributed by atoms with van der Waals surface area (Å²) >= 11 is 5.80. The molecular weight excluding hydrogens is 390 g/mol. The van der Waals surface area contributed by atoms with Crippen molar-refractivity contribution < 1.29 is 18.0 Å². The lowest BCUT2D eigenvalue weighted by atomic mass is 10.2. The molecule has 0 heterocycles. The molecule has 0 atom stereocenters. The molecule has 0 spiro atoms. The smallest absolute Gasteiger partial charge is 0.253 e. The molecule has 0 radical (unpaired) electrons. The Morgan fingerprint density at radius 3 is 2.44 bits per heavy atom. The van der Waals surface area contributed by atoms with Crippen LogP contribution in [0.25, 0.3) is 0 Å². The summed E-state index contributed by atoms with van der Waals surface area (Å²) in [7, 11) is -0.466. The molecule has 0 aliphatic rings. The van der Waals surface area contributed by atoms with Crippen LogP contribution in [0.5, 0.6) is 0 Å². The maximum Gasteiger partial charge on any atom is 0.253 e. The minimum absolute atomic E-state index is 0.0327. The Bertz CT molecular complexity index is 945. The standard InChI is InChI=1S/C18H20ClN3O4S/c1-22(2)18(24)13-5-3-7-15(11-13)21-17(23)9-10-20-27(25,26)16-8-4-6-14(19)12-16/h3-8,11-12,20H,9-10H2,1-2H3,(H,21,23). The fraction of sp³-hybridized carbons (Fsp3) is 0.222. The van der Waals surface area contributed by atoms with E-state index in [9.17, 15) is 18.0 Å². The van der Waals surface area contributed by atoms with Crippen molar-refractivity contribution in [3.8, 4) is 0 Å². The van der Waals surface area contributed by atoms with Gasteiger partial charge in [0.1, 0.15) is 0 Å². The van der Waals surface area contributed by atoms with E-state index in [0.29, 0.717) is 16.3 Å². The van der Waals surface area contributed by atoms with Gasteiger partial charge in [-0.1, -0.05) is 23.7 Å². The van der Waals surface area contributed by atoms with Crippen molar-refractivity contribution >= 4 is 39.1 Å². The van der Waals surface area contributed by atoms with Crippen molar-refractivity contribution in [2.24, 2.45) is 0 Å². The number of benzene rings is 2. The maximum absolute atomic E-state index is 12.2. The number of hydrogen-bond donors (Lipinski definition) is 2. The van der Waals surface area contributed by atoms with E-state index >= 15 is 0 Å². The maximum atomic E-state index is 12.2. The van der Waals surface area contributed by atoms with E-state index in [-0.39, 0.29) is 29.7 Å². The van der Waals surface area contributed by atoms with Crippen molar-refractivity contribution in [3.63, 3.8) is 0 Å². The second-order valence-electron chi connectivity index (χ2n) is 5.93. The summed E-state index contributed by atoms with van der Waals surface area (Å²) < 4.78 is 26.7. The molecule has 0 unspecified atom stereocenters. The fourth-order valence-corrected chi connectivity index (χ4v) is 3.56. The minimum atomic E-state index is -3.74. The number of halogens is 1. The molecular formula is C18H20ClN3O4S. The highest BCUT2D eigenvalue weighted by atomic mass is 35.5. The summed E-state index contributed by atoms with van der Waals surface area (Å²) in [5.74, 6) is -0.557. The molecule has 2 aromatic carbocycles. The van der Waals surface area contributed by atoms with Crippen molar-refractivity contribution in [3.05, 3.63) is 59.1 Å². The van der Waals surface area contributed by atoms with Gasteiger partial charge >= 0.3 is 0 Å². The molecule has 0 bridgehead atoms. The quantitative estimate of drug-likeness (QED) is 0.733. The lowest BCUT2D eigenvalue weighted by Crippen LogP contribution is -2.28. The Morgan fingerprint density at radius 1 is 1.07 bits per heavy atom. The summed E-state index contributed by atoms with van der Waals surface area (Å²) in [6.07, 6.45) is -0.0638. The highest BCUT2D eigenvalue weighted by Crippen LogP contribution is 2.15. The van der Waals surface area contributed by atoms with Gasteiger partial charge < -0.3 is 10.2 Å². The van der Waals surface area contributed by atoms with Crippen LogP contribution < -0.4 is 10.0 Å². The molecule has 2 N–H and O–H groups in total. The van der Waals surface area contributed by atoms with E-state index in [4.69, 9.17) is 11.6 Å². The van der Waals surface area contributed by atoms with Crippen LogP contribution in [-0.4, -0.2) is 45.8 Å². The summed E-state index contributed by atoms with van der Waals surface area (Å²) in [6, 6.07) is 12.4. The van der Waals surface area contributed by atoms with Crippen LogP contribution in [0.3, 0.4) is 0 Å². The molecule has 144 valence electrons. The van der Waals surface area contributed by atoms with Crippen LogP contribution in [0.2, 0.25) is 5.02 Å². The minimum Gasteiger partial charge on any atom is -0.345 e. The van der Waals surface area contributed by atoms with Crippen LogP contribution in [0.1, 0.15) is 16.8 Å². The lowest BCUT2D eigenvalue weighted by molar-refractivity contribution is -0.116. The molecule has 27 heavy (non-hydrogen) atoms. The Hall–Kier alpha value is -2.42. The number of rotatable bonds is 7. The third kappa shape index (κ3) is 6.06. The Labute approximate surface area is 163 Å². The fourth-order valence-electron chi connectivity index (χ4n) is 2.23. The normalized spacial score (nSPS) is 11.1. The van der Waals surface area contributed by atoms with Crippen molar-refractivity contribution in [1.82, 2.24) is 9.62 Å². The molecule has 0 fully saturated rings. The van der Waals surface area contributed by atoms with E-state index in [0.717, 1.165) is 0 Å². The Morgan fingerprint density at radius 2 is 1.78 bits per heavy atom. The number of carbonyl (C=O) groups excluding carboxylic acids is 2. The summed E-state index contributed by atoms with van der Waals surface area (Å²) in [6.45, 7) is -0.0724. The number of nitrogens with zero attached hydrogens (tertiary/aromatic N) is 1. The molecule has 2 amide bonds. The van der Waals surface area contributed by atoms with Gasteiger partial charge in [0.05, 0.1) is 4.90 Å². The number of amides is 2. The van der Waals surface area contributed by atoms with Gasteiger partial charge in [-0.05, 0) is 36.4 Å². The number of hydrogen-bond acceptors (Lipinski definition) is 4. The topological polar surface area (TPSA) is 95.6 Å². The summed E-state index contributed by atoms with van der Waals surface area (Å²) in [5, 5.41) is 2.95. The summed E-state index contributed by atoms with van der Waals surface area (Å²) in [5.41, 5.74) is 0.907. The molecule has 9 heteroatoms. The van der Waals surface area contributed by atoms with E-state index in [1.54, 1.807) is 44.4 Å². The number of sulfonamides is 1. The first kappa shape index (κ1) is 20.9. The molecule has 0 saturated heterocycles. The van der Waals surface area contributed by atoms with E-state index in [1.807, 2.05) is 0 Å². The molecule has 0 aliphatic carbocycles. The van der Waals surface area contributed by atoms with Gasteiger partial charge in [0.15, 0.2) is 0 Å².